The number of aromatic nitrogens is 1. The molecule has 3 aromatic rings. The lowest BCUT2D eigenvalue weighted by Gasteiger charge is -2.04. The van der Waals surface area contributed by atoms with Crippen LogP contribution in [0.15, 0.2) is 46.9 Å². The summed E-state index contributed by atoms with van der Waals surface area (Å²) in [5, 5.41) is 9.39. The normalized spacial score (nSPS) is 10.8. The predicted molar refractivity (Wildman–Crippen MR) is 75.8 cm³/mol. The molecule has 0 aliphatic rings. The van der Waals surface area contributed by atoms with Gasteiger partial charge in [0.1, 0.15) is 17.0 Å². The molecule has 4 nitrogen and oxygen atoms in total. The van der Waals surface area contributed by atoms with Crippen LogP contribution in [0.1, 0.15) is 18.4 Å². The summed E-state index contributed by atoms with van der Waals surface area (Å²) in [5.74, 6) is 1.46. The minimum atomic E-state index is 0.164. The third kappa shape index (κ3) is 2.59. The molecule has 1 heterocycles. The Kier molecular flexibility index (Phi) is 3.29. The maximum Gasteiger partial charge on any atom is 0.233 e. The smallest absolute Gasteiger partial charge is 0.233 e. The van der Waals surface area contributed by atoms with E-state index in [2.05, 4.69) is 18.0 Å². The number of phenols is 1. The largest absolute Gasteiger partial charge is 0.508 e. The maximum atomic E-state index is 9.39. The molecule has 0 amide bonds. The summed E-state index contributed by atoms with van der Waals surface area (Å²) < 4.78 is 11.2. The van der Waals surface area contributed by atoms with Crippen molar-refractivity contribution < 1.29 is 14.3 Å². The van der Waals surface area contributed by atoms with Crippen molar-refractivity contribution in [2.45, 2.75) is 20.0 Å². The molecule has 1 aromatic heterocycles. The molecule has 0 aliphatic carbocycles. The van der Waals surface area contributed by atoms with Crippen LogP contribution in [0, 0.1) is 0 Å². The molecule has 1 N–H and O–H groups in total. The van der Waals surface area contributed by atoms with Crippen LogP contribution in [0.4, 0.5) is 0 Å². The van der Waals surface area contributed by atoms with Crippen molar-refractivity contribution >= 4 is 11.1 Å². The fourth-order valence-electron chi connectivity index (χ4n) is 2.02. The van der Waals surface area contributed by atoms with Crippen molar-refractivity contribution in [2.75, 3.05) is 0 Å². The van der Waals surface area contributed by atoms with E-state index in [0.717, 1.165) is 12.2 Å². The molecule has 3 rings (SSSR count). The van der Waals surface area contributed by atoms with Gasteiger partial charge in [-0.05, 0) is 36.2 Å². The summed E-state index contributed by atoms with van der Waals surface area (Å²) in [6, 6.07) is 12.8. The summed E-state index contributed by atoms with van der Waals surface area (Å²) >= 11 is 0. The number of fused-ring (bicyclic) bond motifs is 1. The van der Waals surface area contributed by atoms with Crippen LogP contribution >= 0.6 is 0 Å². The molecule has 4 heteroatoms. The molecule has 0 saturated carbocycles. The van der Waals surface area contributed by atoms with Gasteiger partial charge in [0.05, 0.1) is 0 Å². The number of aryl methyl sites for hydroxylation is 1. The van der Waals surface area contributed by atoms with Crippen molar-refractivity contribution in [3.05, 3.63) is 53.9 Å². The van der Waals surface area contributed by atoms with Crippen LogP contribution in [0.25, 0.3) is 11.1 Å². The number of aromatic hydroxyl groups is 1. The standard InChI is InChI=1S/C16H15NO3/c1-2-11-4-3-5-13(8-11)19-10-16-17-14-7-6-12(18)9-15(14)20-16/h3-9,18H,2,10H2,1H3. The number of hydrogen-bond acceptors (Lipinski definition) is 4. The van der Waals surface area contributed by atoms with Gasteiger partial charge in [-0.25, -0.2) is 4.98 Å². The molecule has 0 radical (unpaired) electrons. The third-order valence-electron chi connectivity index (χ3n) is 3.09. The molecular weight excluding hydrogens is 254 g/mol. The first kappa shape index (κ1) is 12.5. The zero-order valence-corrected chi connectivity index (χ0v) is 11.2. The number of ether oxygens (including phenoxy) is 1. The Morgan fingerprint density at radius 3 is 2.95 bits per heavy atom. The second-order valence-electron chi connectivity index (χ2n) is 4.55. The Balaban J connectivity index is 1.76. The topological polar surface area (TPSA) is 55.5 Å². The highest BCUT2D eigenvalue weighted by atomic mass is 16.5. The molecule has 0 saturated heterocycles. The molecule has 102 valence electrons. The van der Waals surface area contributed by atoms with Crippen molar-refractivity contribution in [3.8, 4) is 11.5 Å². The monoisotopic (exact) mass is 269 g/mol. The van der Waals surface area contributed by atoms with Gasteiger partial charge in [-0.3, -0.25) is 0 Å². The van der Waals surface area contributed by atoms with Gasteiger partial charge in [0.25, 0.3) is 0 Å². The fraction of sp³-hybridized carbons (Fsp3) is 0.188. The number of oxazole rings is 1. The van der Waals surface area contributed by atoms with Gasteiger partial charge in [0.2, 0.25) is 5.89 Å². The van der Waals surface area contributed by atoms with E-state index >= 15 is 0 Å². The molecule has 0 bridgehead atoms. The first-order chi connectivity index (χ1) is 9.74. The van der Waals surface area contributed by atoms with Crippen LogP contribution in [0.3, 0.4) is 0 Å². The molecule has 2 aromatic carbocycles. The number of rotatable bonds is 4. The zero-order chi connectivity index (χ0) is 13.9. The maximum absolute atomic E-state index is 9.39. The molecule has 0 fully saturated rings. The van der Waals surface area contributed by atoms with E-state index in [1.54, 1.807) is 18.2 Å². The van der Waals surface area contributed by atoms with Crippen LogP contribution in [-0.4, -0.2) is 10.1 Å². The Bertz CT molecular complexity index is 733. The van der Waals surface area contributed by atoms with E-state index in [4.69, 9.17) is 9.15 Å². The van der Waals surface area contributed by atoms with E-state index in [1.165, 1.54) is 5.56 Å². The Labute approximate surface area is 116 Å². The average Bonchev–Trinajstić information content (AvgIpc) is 2.87. The van der Waals surface area contributed by atoms with Gasteiger partial charge < -0.3 is 14.3 Å². The lowest BCUT2D eigenvalue weighted by molar-refractivity contribution is 0.267. The van der Waals surface area contributed by atoms with Crippen molar-refractivity contribution in [3.63, 3.8) is 0 Å². The Morgan fingerprint density at radius 1 is 1.20 bits per heavy atom. The van der Waals surface area contributed by atoms with E-state index in [1.807, 2.05) is 18.2 Å². The van der Waals surface area contributed by atoms with E-state index < -0.39 is 0 Å². The summed E-state index contributed by atoms with van der Waals surface area (Å²) in [6.07, 6.45) is 0.972. The molecular formula is C16H15NO3. The van der Waals surface area contributed by atoms with Crippen LogP contribution in [0.2, 0.25) is 0 Å². The van der Waals surface area contributed by atoms with Gasteiger partial charge in [-0.15, -0.1) is 0 Å². The van der Waals surface area contributed by atoms with Gasteiger partial charge in [0.15, 0.2) is 12.2 Å². The minimum absolute atomic E-state index is 0.164. The molecule has 0 spiro atoms. The fourth-order valence-corrected chi connectivity index (χ4v) is 2.02. The average molecular weight is 269 g/mol. The van der Waals surface area contributed by atoms with Gasteiger partial charge in [-0.1, -0.05) is 19.1 Å². The van der Waals surface area contributed by atoms with Gasteiger partial charge >= 0.3 is 0 Å². The highest BCUT2D eigenvalue weighted by Gasteiger charge is 2.07. The van der Waals surface area contributed by atoms with E-state index in [-0.39, 0.29) is 12.4 Å². The zero-order valence-electron chi connectivity index (χ0n) is 11.2. The summed E-state index contributed by atoms with van der Waals surface area (Å²) in [4.78, 5) is 4.31. The Hall–Kier alpha value is -2.49. The van der Waals surface area contributed by atoms with Crippen LogP contribution in [-0.2, 0) is 13.0 Å². The minimum Gasteiger partial charge on any atom is -0.508 e. The molecule has 0 atom stereocenters. The lowest BCUT2D eigenvalue weighted by Crippen LogP contribution is -1.95. The van der Waals surface area contributed by atoms with Crippen molar-refractivity contribution in [2.24, 2.45) is 0 Å². The quantitative estimate of drug-likeness (QED) is 0.785. The predicted octanol–water partition coefficient (Wildman–Crippen LogP) is 3.67. The molecule has 0 aliphatic heterocycles. The number of phenolic OH excluding ortho intramolecular Hbond substituents is 1. The Morgan fingerprint density at radius 2 is 2.10 bits per heavy atom. The molecule has 20 heavy (non-hydrogen) atoms. The highest BCUT2D eigenvalue weighted by Crippen LogP contribution is 2.22. The number of hydrogen-bond donors (Lipinski definition) is 1. The van der Waals surface area contributed by atoms with Crippen molar-refractivity contribution in [1.29, 1.82) is 0 Å². The second-order valence-corrected chi connectivity index (χ2v) is 4.55. The second kappa shape index (κ2) is 5.25. The third-order valence-corrected chi connectivity index (χ3v) is 3.09. The number of benzene rings is 2. The summed E-state index contributed by atoms with van der Waals surface area (Å²) in [6.45, 7) is 2.37. The molecule has 0 unspecified atom stereocenters. The SMILES string of the molecule is CCc1cccc(OCc2nc3ccc(O)cc3o2)c1. The van der Waals surface area contributed by atoms with Gasteiger partial charge in [-0.2, -0.15) is 0 Å². The van der Waals surface area contributed by atoms with Crippen LogP contribution in [0.5, 0.6) is 11.5 Å². The summed E-state index contributed by atoms with van der Waals surface area (Å²) in [5.41, 5.74) is 2.50. The first-order valence-corrected chi connectivity index (χ1v) is 6.55. The van der Waals surface area contributed by atoms with Gasteiger partial charge in [0, 0.05) is 6.07 Å². The number of nitrogens with zero attached hydrogens (tertiary/aromatic N) is 1. The lowest BCUT2D eigenvalue weighted by atomic mass is 10.2. The van der Waals surface area contributed by atoms with Crippen LogP contribution < -0.4 is 4.74 Å². The first-order valence-electron chi connectivity index (χ1n) is 6.55. The van der Waals surface area contributed by atoms with Crippen molar-refractivity contribution in [1.82, 2.24) is 4.98 Å². The van der Waals surface area contributed by atoms with E-state index in [9.17, 15) is 5.11 Å². The summed E-state index contributed by atoms with van der Waals surface area (Å²) in [7, 11) is 0. The van der Waals surface area contributed by atoms with E-state index in [0.29, 0.717) is 17.0 Å². The highest BCUT2D eigenvalue weighted by molar-refractivity contribution is 5.74.